The average Bonchev–Trinajstić information content (AvgIpc) is 3.37. The van der Waals surface area contributed by atoms with Crippen LogP contribution in [0.1, 0.15) is 22.7 Å². The number of aromatic nitrogens is 1. The molecule has 1 aliphatic rings. The third-order valence-electron chi connectivity index (χ3n) is 12.0. The Labute approximate surface area is 369 Å². The molecular formula is C59H43N3P+. The molecule has 0 saturated carbocycles. The van der Waals surface area contributed by atoms with Gasteiger partial charge in [0.2, 0.25) is 5.84 Å². The predicted octanol–water partition coefficient (Wildman–Crippen LogP) is 12.3. The number of nitrogens with two attached hydrogens (primary N) is 1. The van der Waals surface area contributed by atoms with Gasteiger partial charge in [0.1, 0.15) is 6.04 Å². The van der Waals surface area contributed by atoms with Crippen molar-refractivity contribution in [3.05, 3.63) is 259 Å². The minimum Gasteiger partial charge on any atom is -0.287 e. The molecule has 10 aromatic rings. The van der Waals surface area contributed by atoms with Gasteiger partial charge in [-0.15, -0.1) is 0 Å². The first-order chi connectivity index (χ1) is 31.2. The van der Waals surface area contributed by atoms with Crippen LogP contribution in [0, 0.1) is 0 Å². The number of fused-ring (bicyclic) bond motifs is 3. The molecule has 0 bridgehead atoms. The summed E-state index contributed by atoms with van der Waals surface area (Å²) < 4.78 is 0. The van der Waals surface area contributed by atoms with Gasteiger partial charge in [0.05, 0.1) is 22.5 Å². The summed E-state index contributed by atoms with van der Waals surface area (Å²) in [5, 5.41) is 9.81. The molecular weight excluding hydrogens is 782 g/mol. The smallest absolute Gasteiger partial charge is 0.232 e. The second-order valence-electron chi connectivity index (χ2n) is 15.9. The van der Waals surface area contributed by atoms with Crippen molar-refractivity contribution in [1.82, 2.24) is 4.98 Å². The van der Waals surface area contributed by atoms with Gasteiger partial charge >= 0.3 is 0 Å². The summed E-state index contributed by atoms with van der Waals surface area (Å²) in [4.78, 5) is 10.6. The minimum absolute atomic E-state index is 0.0131. The first-order valence-corrected chi connectivity index (χ1v) is 22.9. The zero-order chi connectivity index (χ0) is 42.0. The largest absolute Gasteiger partial charge is 0.287 e. The number of amidine groups is 1. The summed E-state index contributed by atoms with van der Waals surface area (Å²) in [5.74, 6) is 0.981. The van der Waals surface area contributed by atoms with E-state index in [0.717, 1.165) is 55.8 Å². The van der Waals surface area contributed by atoms with Gasteiger partial charge in [-0.05, 0) is 76.4 Å². The number of aliphatic imine (C=N–C) groups is 1. The Morgan fingerprint density at radius 3 is 1.60 bits per heavy atom. The highest BCUT2D eigenvalue weighted by Crippen LogP contribution is 2.40. The van der Waals surface area contributed by atoms with Gasteiger partial charge in [-0.1, -0.05) is 206 Å². The molecule has 1 aliphatic heterocycles. The Morgan fingerprint density at radius 2 is 0.937 bits per heavy atom. The van der Waals surface area contributed by atoms with Crippen molar-refractivity contribution in [3.8, 4) is 33.5 Å². The summed E-state index contributed by atoms with van der Waals surface area (Å²) in [5.41, 5.74) is 12.2. The third kappa shape index (κ3) is 7.70. The van der Waals surface area contributed by atoms with Crippen LogP contribution in [0.25, 0.3) is 60.9 Å². The van der Waals surface area contributed by atoms with Gasteiger partial charge in [0, 0.05) is 38.9 Å². The van der Waals surface area contributed by atoms with Crippen molar-refractivity contribution in [3.63, 3.8) is 0 Å². The number of benzene rings is 9. The topological polar surface area (TPSA) is 41.9 Å². The normalized spacial score (nSPS) is 13.8. The first-order valence-electron chi connectivity index (χ1n) is 21.5. The van der Waals surface area contributed by atoms with E-state index in [1.54, 1.807) is 0 Å². The van der Waals surface area contributed by atoms with E-state index in [0.29, 0.717) is 0 Å². The number of rotatable bonds is 9. The minimum atomic E-state index is -0.705. The fourth-order valence-corrected chi connectivity index (χ4v) is 11.2. The van der Waals surface area contributed by atoms with Crippen LogP contribution in [0.3, 0.4) is 0 Å². The molecule has 0 saturated heterocycles. The van der Waals surface area contributed by atoms with E-state index in [9.17, 15) is 0 Å². The van der Waals surface area contributed by atoms with Crippen LogP contribution in [0.5, 0.6) is 0 Å². The van der Waals surface area contributed by atoms with Crippen LogP contribution in [-0.4, -0.2) is 10.8 Å². The molecule has 3 nitrogen and oxygen atoms in total. The maximum Gasteiger partial charge on any atom is 0.232 e. The maximum absolute atomic E-state index is 5.33. The molecule has 0 aliphatic carbocycles. The summed E-state index contributed by atoms with van der Waals surface area (Å²) in [6.07, 6.45) is 2.33. The standard InChI is InChI=1S/C59H42N3P/c1-6-18-41(19-7-1)51-30-17-31-52-57(51)53-39-46(34-37-54(53)60-58(52)43-20-8-2-9-21-43)45-24-16-25-47(38-45)56-40-55(61-59(62-56)44-22-10-3-11-23-44)42-32-35-50(36-33-42)63(48-26-12-4-13-27-48)49-28-14-5-15-29-49/h1-40,56H,(H,61,62)/p+1. The number of hydrogen-bond acceptors (Lipinski definition) is 2. The fourth-order valence-electron chi connectivity index (χ4n) is 8.93. The second-order valence-corrected chi connectivity index (χ2v) is 18.2. The van der Waals surface area contributed by atoms with E-state index in [-0.39, 0.29) is 6.04 Å². The maximum atomic E-state index is 5.33. The Bertz CT molecular complexity index is 3240. The Kier molecular flexibility index (Phi) is 10.4. The van der Waals surface area contributed by atoms with Gasteiger partial charge in [-0.2, -0.15) is 4.99 Å². The molecule has 4 heteroatoms. The number of nitrogens with zero attached hydrogens (tertiary/aromatic N) is 2. The van der Waals surface area contributed by atoms with Crippen LogP contribution >= 0.6 is 7.92 Å². The van der Waals surface area contributed by atoms with E-state index in [2.05, 4.69) is 248 Å². The molecule has 9 aromatic carbocycles. The zero-order valence-electron chi connectivity index (χ0n) is 34.6. The van der Waals surface area contributed by atoms with Crippen molar-refractivity contribution in [2.75, 3.05) is 0 Å². The van der Waals surface area contributed by atoms with Crippen molar-refractivity contribution in [2.24, 2.45) is 4.99 Å². The lowest BCUT2D eigenvalue weighted by Gasteiger charge is -2.22. The quantitative estimate of drug-likeness (QED) is 0.114. The monoisotopic (exact) mass is 824 g/mol. The van der Waals surface area contributed by atoms with Gasteiger partial charge in [0.15, 0.2) is 0 Å². The fraction of sp³-hybridized carbons (Fsp3) is 0.0169. The lowest BCUT2D eigenvalue weighted by atomic mass is 9.91. The summed E-state index contributed by atoms with van der Waals surface area (Å²) in [7, 11) is -0.705. The van der Waals surface area contributed by atoms with Crippen molar-refractivity contribution < 1.29 is 5.32 Å². The first kappa shape index (κ1) is 38.4. The van der Waals surface area contributed by atoms with E-state index in [4.69, 9.17) is 9.98 Å². The van der Waals surface area contributed by atoms with Crippen LogP contribution in [-0.2, 0) is 0 Å². The van der Waals surface area contributed by atoms with Gasteiger partial charge < -0.3 is 0 Å². The van der Waals surface area contributed by atoms with Gasteiger partial charge in [-0.25, -0.2) is 4.98 Å². The molecule has 11 rings (SSSR count). The molecule has 2 heterocycles. The molecule has 0 radical (unpaired) electrons. The highest BCUT2D eigenvalue weighted by atomic mass is 31.1. The second kappa shape index (κ2) is 17.1. The lowest BCUT2D eigenvalue weighted by Crippen LogP contribution is -2.89. The number of quaternary nitrogens is 1. The number of pyridine rings is 1. The Morgan fingerprint density at radius 1 is 0.397 bits per heavy atom. The molecule has 63 heavy (non-hydrogen) atoms. The molecule has 1 aromatic heterocycles. The van der Waals surface area contributed by atoms with Crippen LogP contribution < -0.4 is 21.2 Å². The van der Waals surface area contributed by atoms with E-state index >= 15 is 0 Å². The molecule has 0 spiro atoms. The zero-order valence-corrected chi connectivity index (χ0v) is 35.5. The summed E-state index contributed by atoms with van der Waals surface area (Å²) >= 11 is 0. The van der Waals surface area contributed by atoms with Crippen LogP contribution in [0.15, 0.2) is 248 Å². The molecule has 298 valence electrons. The lowest BCUT2D eigenvalue weighted by molar-refractivity contribution is -0.575. The van der Waals surface area contributed by atoms with Gasteiger partial charge in [0.25, 0.3) is 0 Å². The predicted molar refractivity (Wildman–Crippen MR) is 266 cm³/mol. The molecule has 1 unspecified atom stereocenters. The van der Waals surface area contributed by atoms with Crippen LogP contribution in [0.2, 0.25) is 0 Å². The molecule has 0 fully saturated rings. The van der Waals surface area contributed by atoms with Crippen LogP contribution in [0.4, 0.5) is 0 Å². The van der Waals surface area contributed by atoms with E-state index in [1.807, 2.05) is 0 Å². The van der Waals surface area contributed by atoms with E-state index in [1.165, 1.54) is 43.6 Å². The molecule has 0 amide bonds. The third-order valence-corrected chi connectivity index (χ3v) is 14.4. The van der Waals surface area contributed by atoms with Crippen molar-refractivity contribution >= 4 is 57.0 Å². The Hall–Kier alpha value is -7.55. The van der Waals surface area contributed by atoms with E-state index < -0.39 is 7.92 Å². The summed E-state index contributed by atoms with van der Waals surface area (Å²) in [6.45, 7) is 0. The molecule has 2 N–H and O–H groups in total. The van der Waals surface area contributed by atoms with Crippen molar-refractivity contribution in [1.29, 1.82) is 0 Å². The highest BCUT2D eigenvalue weighted by molar-refractivity contribution is 7.79. The SMILES string of the molecule is C1=C(c2ccc(P(c3ccccc3)c3ccccc3)cc2)N=C(c2ccccc2)[NH2+]C1c1cccc(-c2ccc3nc(-c4ccccc4)c4cccc(-c5ccccc5)c4c3c2)c1. The number of hydrogen-bond donors (Lipinski definition) is 1. The summed E-state index contributed by atoms with van der Waals surface area (Å²) in [6, 6.07) is 85.1. The average molecular weight is 825 g/mol. The van der Waals surface area contributed by atoms with Gasteiger partial charge in [-0.3, -0.25) is 5.32 Å². The molecule has 1 atom stereocenters. The Balaban J connectivity index is 0.994. The highest BCUT2D eigenvalue weighted by Gasteiger charge is 2.25. The van der Waals surface area contributed by atoms with Crippen molar-refractivity contribution in [2.45, 2.75) is 6.04 Å².